The molecule has 2 saturated heterocycles. The fraction of sp³-hybridized carbons (Fsp3) is 0.632. The molecular formula is C19H28N4O3. The molecule has 7 nitrogen and oxygen atoms in total. The molecule has 26 heavy (non-hydrogen) atoms. The first-order valence-electron chi connectivity index (χ1n) is 9.46. The Bertz CT molecular complexity index is 638. The maximum absolute atomic E-state index is 5.49. The topological polar surface area (TPSA) is 58.6 Å². The van der Waals surface area contributed by atoms with Gasteiger partial charge in [-0.05, 0) is 30.0 Å². The fourth-order valence-electron chi connectivity index (χ4n) is 3.80. The van der Waals surface area contributed by atoms with Crippen molar-refractivity contribution in [2.45, 2.75) is 13.0 Å². The van der Waals surface area contributed by atoms with Gasteiger partial charge < -0.3 is 24.4 Å². The van der Waals surface area contributed by atoms with E-state index in [0.717, 1.165) is 75.5 Å². The number of ether oxygens (including phenoxy) is 3. The SMILES string of the molecule is CN=C(NCc1ccc2c(c1)OCO2)N1CCN(CC2CCOC2)CC1. The average molecular weight is 360 g/mol. The smallest absolute Gasteiger partial charge is 0.231 e. The lowest BCUT2D eigenvalue weighted by Gasteiger charge is -2.37. The summed E-state index contributed by atoms with van der Waals surface area (Å²) in [5.74, 6) is 3.32. The van der Waals surface area contributed by atoms with Gasteiger partial charge in [-0.3, -0.25) is 9.89 Å². The molecule has 3 aliphatic rings. The van der Waals surface area contributed by atoms with E-state index in [1.807, 2.05) is 19.2 Å². The number of rotatable bonds is 4. The molecule has 142 valence electrons. The molecule has 1 unspecified atom stereocenters. The van der Waals surface area contributed by atoms with E-state index < -0.39 is 0 Å². The summed E-state index contributed by atoms with van der Waals surface area (Å²) in [7, 11) is 1.85. The molecule has 0 aliphatic carbocycles. The van der Waals surface area contributed by atoms with E-state index in [2.05, 4.69) is 26.2 Å². The summed E-state index contributed by atoms with van der Waals surface area (Å²) in [6, 6.07) is 6.06. The second-order valence-corrected chi connectivity index (χ2v) is 7.11. The lowest BCUT2D eigenvalue weighted by Crippen LogP contribution is -2.53. The van der Waals surface area contributed by atoms with Crippen molar-refractivity contribution in [2.24, 2.45) is 10.9 Å². The van der Waals surface area contributed by atoms with E-state index in [4.69, 9.17) is 14.2 Å². The molecule has 0 radical (unpaired) electrons. The Balaban J connectivity index is 1.25. The second kappa shape index (κ2) is 8.14. The van der Waals surface area contributed by atoms with Crippen LogP contribution in [0.1, 0.15) is 12.0 Å². The molecule has 7 heteroatoms. The van der Waals surface area contributed by atoms with Gasteiger partial charge in [0.25, 0.3) is 0 Å². The van der Waals surface area contributed by atoms with E-state index in [9.17, 15) is 0 Å². The molecule has 1 aromatic rings. The Morgan fingerprint density at radius 1 is 1.19 bits per heavy atom. The monoisotopic (exact) mass is 360 g/mol. The Kier molecular flexibility index (Phi) is 5.45. The van der Waals surface area contributed by atoms with Crippen molar-refractivity contribution in [3.05, 3.63) is 23.8 Å². The molecule has 0 amide bonds. The zero-order chi connectivity index (χ0) is 17.8. The van der Waals surface area contributed by atoms with E-state index in [1.54, 1.807) is 0 Å². The van der Waals surface area contributed by atoms with Gasteiger partial charge in [0, 0.05) is 52.9 Å². The minimum Gasteiger partial charge on any atom is -0.454 e. The quantitative estimate of drug-likeness (QED) is 0.642. The minimum atomic E-state index is 0.311. The van der Waals surface area contributed by atoms with E-state index >= 15 is 0 Å². The second-order valence-electron chi connectivity index (χ2n) is 7.11. The van der Waals surface area contributed by atoms with Crippen molar-refractivity contribution in [1.29, 1.82) is 0 Å². The highest BCUT2D eigenvalue weighted by atomic mass is 16.7. The molecule has 4 rings (SSSR count). The Morgan fingerprint density at radius 3 is 2.81 bits per heavy atom. The molecule has 1 aromatic carbocycles. The zero-order valence-corrected chi connectivity index (χ0v) is 15.4. The molecule has 1 N–H and O–H groups in total. The zero-order valence-electron chi connectivity index (χ0n) is 15.4. The van der Waals surface area contributed by atoms with Gasteiger partial charge in [0.2, 0.25) is 6.79 Å². The first-order valence-corrected chi connectivity index (χ1v) is 9.46. The molecule has 3 heterocycles. The van der Waals surface area contributed by atoms with Crippen LogP contribution in [-0.2, 0) is 11.3 Å². The first-order chi connectivity index (χ1) is 12.8. The highest BCUT2D eigenvalue weighted by molar-refractivity contribution is 5.80. The van der Waals surface area contributed by atoms with Crippen LogP contribution in [0.2, 0.25) is 0 Å². The van der Waals surface area contributed by atoms with Crippen LogP contribution in [0.25, 0.3) is 0 Å². The molecule has 2 fully saturated rings. The number of fused-ring (bicyclic) bond motifs is 1. The summed E-state index contributed by atoms with van der Waals surface area (Å²) >= 11 is 0. The number of aliphatic imine (C=N–C) groups is 1. The third-order valence-electron chi connectivity index (χ3n) is 5.31. The van der Waals surface area contributed by atoms with Crippen LogP contribution < -0.4 is 14.8 Å². The van der Waals surface area contributed by atoms with E-state index in [1.165, 1.54) is 6.42 Å². The van der Waals surface area contributed by atoms with Crippen LogP contribution in [0.5, 0.6) is 11.5 Å². The third kappa shape index (κ3) is 4.04. The predicted molar refractivity (Wildman–Crippen MR) is 99.7 cm³/mol. The standard InChI is InChI=1S/C19H28N4O3/c1-20-19(21-11-15-2-3-17-18(10-15)26-14-25-17)23-7-5-22(6-8-23)12-16-4-9-24-13-16/h2-3,10,16H,4-9,11-14H2,1H3,(H,20,21). The van der Waals surface area contributed by atoms with Crippen LogP contribution >= 0.6 is 0 Å². The van der Waals surface area contributed by atoms with Crippen LogP contribution in [0.15, 0.2) is 23.2 Å². The van der Waals surface area contributed by atoms with Crippen molar-refractivity contribution in [2.75, 3.05) is 59.8 Å². The summed E-state index contributed by atoms with van der Waals surface area (Å²) in [5.41, 5.74) is 1.16. The maximum atomic E-state index is 5.49. The molecule has 3 aliphatic heterocycles. The summed E-state index contributed by atoms with van der Waals surface area (Å²) < 4.78 is 16.3. The largest absolute Gasteiger partial charge is 0.454 e. The van der Waals surface area contributed by atoms with Crippen LogP contribution in [0.4, 0.5) is 0 Å². The molecular weight excluding hydrogens is 332 g/mol. The van der Waals surface area contributed by atoms with Gasteiger partial charge in [-0.25, -0.2) is 0 Å². The number of guanidine groups is 1. The third-order valence-corrected chi connectivity index (χ3v) is 5.31. The van der Waals surface area contributed by atoms with Gasteiger partial charge in [-0.15, -0.1) is 0 Å². The van der Waals surface area contributed by atoms with Gasteiger partial charge in [-0.2, -0.15) is 0 Å². The maximum Gasteiger partial charge on any atom is 0.231 e. The Morgan fingerprint density at radius 2 is 2.04 bits per heavy atom. The average Bonchev–Trinajstić information content (AvgIpc) is 3.34. The predicted octanol–water partition coefficient (Wildman–Crippen LogP) is 1.14. The van der Waals surface area contributed by atoms with E-state index in [-0.39, 0.29) is 0 Å². The number of hydrogen-bond acceptors (Lipinski definition) is 5. The van der Waals surface area contributed by atoms with Crippen LogP contribution in [0.3, 0.4) is 0 Å². The molecule has 1 atom stereocenters. The van der Waals surface area contributed by atoms with Crippen molar-refractivity contribution >= 4 is 5.96 Å². The van der Waals surface area contributed by atoms with Crippen molar-refractivity contribution < 1.29 is 14.2 Å². The fourth-order valence-corrected chi connectivity index (χ4v) is 3.80. The van der Waals surface area contributed by atoms with Crippen LogP contribution in [0, 0.1) is 5.92 Å². The Labute approximate surface area is 154 Å². The molecule has 0 saturated carbocycles. The first kappa shape index (κ1) is 17.4. The lowest BCUT2D eigenvalue weighted by molar-refractivity contribution is 0.139. The molecule has 0 spiro atoms. The number of hydrogen-bond donors (Lipinski definition) is 1. The van der Waals surface area contributed by atoms with Crippen molar-refractivity contribution in [3.8, 4) is 11.5 Å². The van der Waals surface area contributed by atoms with Gasteiger partial charge in [-0.1, -0.05) is 6.07 Å². The lowest BCUT2D eigenvalue weighted by atomic mass is 10.1. The summed E-state index contributed by atoms with van der Waals surface area (Å²) in [5, 5.41) is 3.48. The number of piperazine rings is 1. The minimum absolute atomic E-state index is 0.311. The highest BCUT2D eigenvalue weighted by Crippen LogP contribution is 2.32. The van der Waals surface area contributed by atoms with Crippen molar-refractivity contribution in [1.82, 2.24) is 15.1 Å². The summed E-state index contributed by atoms with van der Waals surface area (Å²) in [6.07, 6.45) is 1.21. The molecule has 0 bridgehead atoms. The number of nitrogens with one attached hydrogen (secondary N) is 1. The van der Waals surface area contributed by atoms with Gasteiger partial charge in [0.15, 0.2) is 17.5 Å². The van der Waals surface area contributed by atoms with Gasteiger partial charge in [0.05, 0.1) is 6.61 Å². The molecule has 0 aromatic heterocycles. The van der Waals surface area contributed by atoms with Crippen molar-refractivity contribution in [3.63, 3.8) is 0 Å². The number of nitrogens with zero attached hydrogens (tertiary/aromatic N) is 3. The summed E-state index contributed by atoms with van der Waals surface area (Å²) in [6.45, 7) is 8.25. The van der Waals surface area contributed by atoms with E-state index in [0.29, 0.717) is 12.7 Å². The Hall–Kier alpha value is -1.99. The van der Waals surface area contributed by atoms with Gasteiger partial charge in [0.1, 0.15) is 0 Å². The highest BCUT2D eigenvalue weighted by Gasteiger charge is 2.24. The summed E-state index contributed by atoms with van der Waals surface area (Å²) in [4.78, 5) is 9.36. The normalized spacial score (nSPS) is 23.5. The van der Waals surface area contributed by atoms with Gasteiger partial charge >= 0.3 is 0 Å². The van der Waals surface area contributed by atoms with Crippen LogP contribution in [-0.4, -0.2) is 75.5 Å². The number of benzene rings is 1.